The zero-order chi connectivity index (χ0) is 17.0. The Balaban J connectivity index is 2.27. The van der Waals surface area contributed by atoms with Gasteiger partial charge in [0.25, 0.3) is 0 Å². The minimum atomic E-state index is -4.47. The van der Waals surface area contributed by atoms with Crippen LogP contribution < -0.4 is 10.2 Å². The first-order valence-corrected chi connectivity index (χ1v) is 7.64. The molecule has 1 heterocycles. The number of hydrogen-bond acceptors (Lipinski definition) is 3. The van der Waals surface area contributed by atoms with Gasteiger partial charge in [0.05, 0.1) is 11.7 Å². The van der Waals surface area contributed by atoms with Crippen molar-refractivity contribution >= 4 is 17.3 Å². The van der Waals surface area contributed by atoms with Crippen molar-refractivity contribution in [1.82, 2.24) is 0 Å². The smallest absolute Gasteiger partial charge is 0.381 e. The van der Waals surface area contributed by atoms with Gasteiger partial charge in [-0.05, 0) is 31.0 Å². The van der Waals surface area contributed by atoms with Crippen LogP contribution in [0, 0.1) is 0 Å². The van der Waals surface area contributed by atoms with Crippen LogP contribution in [-0.2, 0) is 15.7 Å². The number of nitrogens with zero attached hydrogens (tertiary/aromatic N) is 1. The van der Waals surface area contributed by atoms with Gasteiger partial charge in [0.2, 0.25) is 5.91 Å². The van der Waals surface area contributed by atoms with Crippen molar-refractivity contribution in [3.8, 4) is 0 Å². The molecule has 4 nitrogen and oxygen atoms in total. The Labute approximate surface area is 133 Å². The SMILES string of the molecule is CCC(=O)Nc1ccc(N2CCC(OC)CC2)c(C(F)(F)F)c1. The molecule has 0 spiro atoms. The lowest BCUT2D eigenvalue weighted by Crippen LogP contribution is -2.37. The minimum Gasteiger partial charge on any atom is -0.381 e. The van der Waals surface area contributed by atoms with E-state index in [9.17, 15) is 18.0 Å². The summed E-state index contributed by atoms with van der Waals surface area (Å²) in [5.74, 6) is -0.313. The van der Waals surface area contributed by atoms with Gasteiger partial charge in [0.1, 0.15) is 0 Å². The van der Waals surface area contributed by atoms with Crippen molar-refractivity contribution in [3.05, 3.63) is 23.8 Å². The number of piperidine rings is 1. The monoisotopic (exact) mass is 330 g/mol. The van der Waals surface area contributed by atoms with Gasteiger partial charge < -0.3 is 15.0 Å². The topological polar surface area (TPSA) is 41.6 Å². The number of anilines is 2. The summed E-state index contributed by atoms with van der Waals surface area (Å²) in [7, 11) is 1.62. The molecule has 0 aromatic heterocycles. The van der Waals surface area contributed by atoms with Gasteiger partial charge in [-0.1, -0.05) is 6.92 Å². The molecule has 0 atom stereocenters. The summed E-state index contributed by atoms with van der Waals surface area (Å²) >= 11 is 0. The van der Waals surface area contributed by atoms with Gasteiger partial charge in [-0.3, -0.25) is 4.79 Å². The maximum Gasteiger partial charge on any atom is 0.418 e. The van der Waals surface area contributed by atoms with E-state index < -0.39 is 11.7 Å². The molecule has 23 heavy (non-hydrogen) atoms. The van der Waals surface area contributed by atoms with Gasteiger partial charge in [-0.15, -0.1) is 0 Å². The molecule has 0 unspecified atom stereocenters. The highest BCUT2D eigenvalue weighted by Gasteiger charge is 2.36. The molecule has 1 amide bonds. The van der Waals surface area contributed by atoms with Crippen LogP contribution in [0.5, 0.6) is 0 Å². The third-order valence-corrected chi connectivity index (χ3v) is 4.02. The molecule has 1 aromatic rings. The molecule has 0 radical (unpaired) electrons. The van der Waals surface area contributed by atoms with E-state index in [2.05, 4.69) is 5.32 Å². The Hall–Kier alpha value is -1.76. The van der Waals surface area contributed by atoms with Crippen molar-refractivity contribution in [2.75, 3.05) is 30.4 Å². The summed E-state index contributed by atoms with van der Waals surface area (Å²) in [4.78, 5) is 13.1. The van der Waals surface area contributed by atoms with Crippen LogP contribution in [0.15, 0.2) is 18.2 Å². The molecule has 1 aromatic carbocycles. The largest absolute Gasteiger partial charge is 0.418 e. The van der Waals surface area contributed by atoms with E-state index in [-0.39, 0.29) is 29.8 Å². The maximum absolute atomic E-state index is 13.4. The number of carbonyl (C=O) groups is 1. The first-order chi connectivity index (χ1) is 10.8. The number of hydrogen-bond donors (Lipinski definition) is 1. The van der Waals surface area contributed by atoms with E-state index in [1.54, 1.807) is 18.9 Å². The zero-order valence-corrected chi connectivity index (χ0v) is 13.2. The predicted octanol–water partition coefficient (Wildman–Crippen LogP) is 3.67. The number of benzene rings is 1. The number of methoxy groups -OCH3 is 1. The van der Waals surface area contributed by atoms with Crippen molar-refractivity contribution in [2.45, 2.75) is 38.5 Å². The molecular weight excluding hydrogens is 309 g/mol. The maximum atomic E-state index is 13.4. The van der Waals surface area contributed by atoms with Gasteiger partial charge in [0.15, 0.2) is 0 Å². The summed E-state index contributed by atoms with van der Waals surface area (Å²) in [5.41, 5.74) is -0.400. The Morgan fingerprint density at radius 2 is 2.00 bits per heavy atom. The predicted molar refractivity (Wildman–Crippen MR) is 82.6 cm³/mol. The van der Waals surface area contributed by atoms with Crippen LogP contribution in [0.2, 0.25) is 0 Å². The second kappa shape index (κ2) is 7.21. The lowest BCUT2D eigenvalue weighted by molar-refractivity contribution is -0.137. The van der Waals surface area contributed by atoms with Crippen LogP contribution >= 0.6 is 0 Å². The van der Waals surface area contributed by atoms with E-state index >= 15 is 0 Å². The molecule has 0 bridgehead atoms. The highest BCUT2D eigenvalue weighted by atomic mass is 19.4. The average Bonchev–Trinajstić information content (AvgIpc) is 2.54. The van der Waals surface area contributed by atoms with Crippen molar-refractivity contribution in [1.29, 1.82) is 0 Å². The van der Waals surface area contributed by atoms with Crippen LogP contribution in [0.4, 0.5) is 24.5 Å². The summed E-state index contributed by atoms with van der Waals surface area (Å²) in [6.45, 7) is 2.68. The van der Waals surface area contributed by atoms with Gasteiger partial charge in [-0.2, -0.15) is 13.2 Å². The number of carbonyl (C=O) groups excluding carboxylic acids is 1. The summed E-state index contributed by atoms with van der Waals surface area (Å²) in [6, 6.07) is 3.95. The lowest BCUT2D eigenvalue weighted by Gasteiger charge is -2.34. The van der Waals surface area contributed by atoms with Crippen LogP contribution in [0.1, 0.15) is 31.7 Å². The number of ether oxygens (including phenoxy) is 1. The summed E-state index contributed by atoms with van der Waals surface area (Å²) in [6.07, 6.45) is -2.76. The molecule has 7 heteroatoms. The standard InChI is InChI=1S/C16H21F3N2O2/c1-3-15(22)20-11-4-5-14(13(10-11)16(17,18)19)21-8-6-12(23-2)7-9-21/h4-5,10,12H,3,6-9H2,1-2H3,(H,20,22). The Morgan fingerprint density at radius 3 is 2.52 bits per heavy atom. The summed E-state index contributed by atoms with van der Waals surface area (Å²) < 4.78 is 45.4. The van der Waals surface area contributed by atoms with Crippen LogP contribution in [-0.4, -0.2) is 32.2 Å². The second-order valence-electron chi connectivity index (χ2n) is 5.55. The van der Waals surface area contributed by atoms with Crippen LogP contribution in [0.3, 0.4) is 0 Å². The Morgan fingerprint density at radius 1 is 1.35 bits per heavy atom. The van der Waals surface area contributed by atoms with Gasteiger partial charge in [0, 0.05) is 38.0 Å². The number of nitrogens with one attached hydrogen (secondary N) is 1. The van der Waals surface area contributed by atoms with Gasteiger partial charge in [-0.25, -0.2) is 0 Å². The van der Waals surface area contributed by atoms with E-state index in [1.807, 2.05) is 0 Å². The minimum absolute atomic E-state index is 0.101. The zero-order valence-electron chi connectivity index (χ0n) is 13.2. The quantitative estimate of drug-likeness (QED) is 0.916. The number of amides is 1. The van der Waals surface area contributed by atoms with E-state index in [4.69, 9.17) is 4.74 Å². The highest BCUT2D eigenvalue weighted by Crippen LogP contribution is 2.39. The molecule has 128 valence electrons. The third-order valence-electron chi connectivity index (χ3n) is 4.02. The third kappa shape index (κ3) is 4.37. The molecule has 0 saturated carbocycles. The number of alkyl halides is 3. The fourth-order valence-corrected chi connectivity index (χ4v) is 2.70. The Kier molecular flexibility index (Phi) is 5.51. The average molecular weight is 330 g/mol. The molecule has 1 saturated heterocycles. The molecule has 1 N–H and O–H groups in total. The van der Waals surface area contributed by atoms with Gasteiger partial charge >= 0.3 is 6.18 Å². The second-order valence-corrected chi connectivity index (χ2v) is 5.55. The fourth-order valence-electron chi connectivity index (χ4n) is 2.70. The van der Waals surface area contributed by atoms with Crippen LogP contribution in [0.25, 0.3) is 0 Å². The molecule has 2 rings (SSSR count). The Bertz CT molecular complexity index is 553. The molecule has 1 aliphatic rings. The first kappa shape index (κ1) is 17.6. The van der Waals surface area contributed by atoms with Crippen molar-refractivity contribution in [2.24, 2.45) is 0 Å². The summed E-state index contributed by atoms with van der Waals surface area (Å²) in [5, 5.41) is 2.47. The molecular formula is C16H21F3N2O2. The van der Waals surface area contributed by atoms with Crippen molar-refractivity contribution in [3.63, 3.8) is 0 Å². The number of halogens is 3. The van der Waals surface area contributed by atoms with Crippen molar-refractivity contribution < 1.29 is 22.7 Å². The highest BCUT2D eigenvalue weighted by molar-refractivity contribution is 5.90. The van der Waals surface area contributed by atoms with E-state index in [0.717, 1.165) is 6.07 Å². The van der Waals surface area contributed by atoms with E-state index in [1.165, 1.54) is 12.1 Å². The fraction of sp³-hybridized carbons (Fsp3) is 0.562. The molecule has 0 aliphatic carbocycles. The lowest BCUT2D eigenvalue weighted by atomic mass is 10.0. The molecule has 1 aliphatic heterocycles. The first-order valence-electron chi connectivity index (χ1n) is 7.64. The normalized spacial score (nSPS) is 16.5. The number of rotatable bonds is 4. The van der Waals surface area contributed by atoms with E-state index in [0.29, 0.717) is 25.9 Å². The molecule has 1 fully saturated rings.